The Morgan fingerprint density at radius 3 is 2.71 bits per heavy atom. The molecule has 6 heteroatoms. The molecule has 1 fully saturated rings. The Morgan fingerprint density at radius 1 is 1.11 bits per heavy atom. The van der Waals surface area contributed by atoms with Crippen LogP contribution in [-0.2, 0) is 6.42 Å². The van der Waals surface area contributed by atoms with E-state index in [0.717, 1.165) is 39.5 Å². The molecular formula is C29H28BrClN2O2. The van der Waals surface area contributed by atoms with Crippen molar-refractivity contribution in [2.45, 2.75) is 36.8 Å². The highest BCUT2D eigenvalue weighted by Crippen LogP contribution is 2.45. The summed E-state index contributed by atoms with van der Waals surface area (Å²) in [5.41, 5.74) is 2.91. The van der Waals surface area contributed by atoms with E-state index in [-0.39, 0.29) is 12.0 Å². The van der Waals surface area contributed by atoms with E-state index >= 15 is 0 Å². The summed E-state index contributed by atoms with van der Waals surface area (Å²) in [7, 11) is 1.64. The second-order valence-electron chi connectivity index (χ2n) is 9.31. The van der Waals surface area contributed by atoms with Crippen LogP contribution in [0.2, 0.25) is 5.02 Å². The number of hydrogen-bond acceptors (Lipinski definition) is 4. The Kier molecular flexibility index (Phi) is 7.12. The van der Waals surface area contributed by atoms with Gasteiger partial charge in [0.1, 0.15) is 0 Å². The molecule has 2 unspecified atom stereocenters. The Labute approximate surface area is 219 Å². The molecule has 1 aromatic heterocycles. The molecule has 0 spiro atoms. The summed E-state index contributed by atoms with van der Waals surface area (Å²) in [5.74, 6) is 0.170. The molecule has 4 aromatic rings. The third-order valence-electron chi connectivity index (χ3n) is 6.91. The number of aliphatic hydroxyl groups is 1. The lowest BCUT2D eigenvalue weighted by molar-refractivity contribution is -0.0191. The topological polar surface area (TPSA) is 54.4 Å². The van der Waals surface area contributed by atoms with Gasteiger partial charge in [-0.3, -0.25) is 0 Å². The molecule has 35 heavy (non-hydrogen) atoms. The average Bonchev–Trinajstić information content (AvgIpc) is 2.84. The quantitative estimate of drug-likeness (QED) is 0.287. The van der Waals surface area contributed by atoms with Crippen molar-refractivity contribution in [2.24, 2.45) is 0 Å². The standard InChI is InChI=1S/C29H28BrClN2O2/c1-35-28-25(17-21-15-22(30)10-11-26(21)33-28)27(20-8-5-9-23(31)16-20)29(34)12-13-32-24(18-29)14-19-6-3-2-4-7-19/h2-11,15-17,24,27,32,34H,12-14,18H2,1H3/t24-,27?,29?/m1/s1. The van der Waals surface area contributed by atoms with E-state index in [2.05, 4.69) is 51.6 Å². The first-order chi connectivity index (χ1) is 16.9. The maximum absolute atomic E-state index is 12.3. The van der Waals surface area contributed by atoms with Crippen molar-refractivity contribution in [3.05, 3.63) is 105 Å². The van der Waals surface area contributed by atoms with E-state index < -0.39 is 5.60 Å². The van der Waals surface area contributed by atoms with Crippen molar-refractivity contribution in [1.29, 1.82) is 0 Å². The number of pyridine rings is 1. The fourth-order valence-corrected chi connectivity index (χ4v) is 5.96. The summed E-state index contributed by atoms with van der Waals surface area (Å²) in [6, 6.07) is 26.4. The molecule has 1 aliphatic rings. The van der Waals surface area contributed by atoms with Crippen LogP contribution in [0.4, 0.5) is 0 Å². The highest BCUT2D eigenvalue weighted by Gasteiger charge is 2.44. The number of methoxy groups -OCH3 is 1. The number of aromatic nitrogens is 1. The highest BCUT2D eigenvalue weighted by atomic mass is 79.9. The molecule has 0 aliphatic carbocycles. The van der Waals surface area contributed by atoms with Crippen LogP contribution in [0, 0.1) is 0 Å². The predicted octanol–water partition coefficient (Wildman–Crippen LogP) is 6.52. The van der Waals surface area contributed by atoms with Crippen molar-refractivity contribution < 1.29 is 9.84 Å². The summed E-state index contributed by atoms with van der Waals surface area (Å²) >= 11 is 10.0. The van der Waals surface area contributed by atoms with E-state index in [4.69, 9.17) is 21.3 Å². The van der Waals surface area contributed by atoms with Gasteiger partial charge in [0.05, 0.1) is 18.2 Å². The minimum absolute atomic E-state index is 0.145. The van der Waals surface area contributed by atoms with Crippen LogP contribution in [0.15, 0.2) is 83.3 Å². The smallest absolute Gasteiger partial charge is 0.217 e. The van der Waals surface area contributed by atoms with Crippen LogP contribution in [-0.4, -0.2) is 35.4 Å². The Hall–Kier alpha value is -2.44. The molecule has 5 rings (SSSR count). The van der Waals surface area contributed by atoms with Gasteiger partial charge < -0.3 is 15.2 Å². The van der Waals surface area contributed by atoms with Crippen LogP contribution in [0.5, 0.6) is 5.88 Å². The lowest BCUT2D eigenvalue weighted by Crippen LogP contribution is -2.52. The van der Waals surface area contributed by atoms with E-state index in [9.17, 15) is 5.11 Å². The number of fused-ring (bicyclic) bond motifs is 1. The van der Waals surface area contributed by atoms with Gasteiger partial charge in [0.15, 0.2) is 0 Å². The fourth-order valence-electron chi connectivity index (χ4n) is 5.38. The second-order valence-corrected chi connectivity index (χ2v) is 10.7. The summed E-state index contributed by atoms with van der Waals surface area (Å²) in [5, 5.41) is 17.6. The number of benzene rings is 3. The molecule has 0 bridgehead atoms. The molecule has 4 nitrogen and oxygen atoms in total. The first kappa shape index (κ1) is 24.3. The van der Waals surface area contributed by atoms with Crippen molar-refractivity contribution in [3.63, 3.8) is 0 Å². The molecule has 2 N–H and O–H groups in total. The van der Waals surface area contributed by atoms with E-state index in [1.54, 1.807) is 7.11 Å². The summed E-state index contributed by atoms with van der Waals surface area (Å²) in [4.78, 5) is 4.81. The lowest BCUT2D eigenvalue weighted by atomic mass is 9.70. The first-order valence-electron chi connectivity index (χ1n) is 11.8. The monoisotopic (exact) mass is 550 g/mol. The van der Waals surface area contributed by atoms with E-state index in [1.807, 2.05) is 48.5 Å². The van der Waals surface area contributed by atoms with Crippen molar-refractivity contribution in [3.8, 4) is 5.88 Å². The van der Waals surface area contributed by atoms with Crippen LogP contribution >= 0.6 is 27.5 Å². The SMILES string of the molecule is COc1nc2ccc(Br)cc2cc1C(c1cccc(Cl)c1)C1(O)CCN[C@H](Cc2ccccc2)C1. The zero-order valence-electron chi connectivity index (χ0n) is 19.5. The van der Waals surface area contributed by atoms with Gasteiger partial charge in [-0.25, -0.2) is 4.98 Å². The highest BCUT2D eigenvalue weighted by molar-refractivity contribution is 9.10. The van der Waals surface area contributed by atoms with E-state index in [0.29, 0.717) is 23.7 Å². The Bertz CT molecular complexity index is 1330. The predicted molar refractivity (Wildman–Crippen MR) is 145 cm³/mol. The van der Waals surface area contributed by atoms with Gasteiger partial charge in [0, 0.05) is 32.4 Å². The van der Waals surface area contributed by atoms with Crippen molar-refractivity contribution in [1.82, 2.24) is 10.3 Å². The normalized spacial score (nSPS) is 21.1. The van der Waals surface area contributed by atoms with Gasteiger partial charge in [0.25, 0.3) is 0 Å². The minimum atomic E-state index is -1.01. The van der Waals surface area contributed by atoms with Crippen LogP contribution in [0.25, 0.3) is 10.9 Å². The third-order valence-corrected chi connectivity index (χ3v) is 7.64. The number of hydrogen-bond donors (Lipinski definition) is 2. The molecule has 0 saturated carbocycles. The van der Waals surface area contributed by atoms with Gasteiger partial charge in [-0.1, -0.05) is 70.0 Å². The van der Waals surface area contributed by atoms with Crippen LogP contribution < -0.4 is 10.1 Å². The minimum Gasteiger partial charge on any atom is -0.481 e. The molecule has 1 aliphatic heterocycles. The van der Waals surface area contributed by atoms with Gasteiger partial charge in [-0.05, 0) is 73.3 Å². The van der Waals surface area contributed by atoms with Gasteiger partial charge in [0.2, 0.25) is 5.88 Å². The first-order valence-corrected chi connectivity index (χ1v) is 13.0. The Morgan fingerprint density at radius 2 is 1.94 bits per heavy atom. The third kappa shape index (κ3) is 5.24. The molecular weight excluding hydrogens is 524 g/mol. The number of halogens is 2. The van der Waals surface area contributed by atoms with Crippen molar-refractivity contribution in [2.75, 3.05) is 13.7 Å². The van der Waals surface area contributed by atoms with Crippen LogP contribution in [0.3, 0.4) is 0 Å². The number of nitrogens with one attached hydrogen (secondary N) is 1. The van der Waals surface area contributed by atoms with Gasteiger partial charge >= 0.3 is 0 Å². The molecule has 0 amide bonds. The van der Waals surface area contributed by atoms with Gasteiger partial charge in [-0.15, -0.1) is 0 Å². The zero-order valence-corrected chi connectivity index (χ0v) is 21.9. The molecule has 3 atom stereocenters. The average molecular weight is 552 g/mol. The maximum Gasteiger partial charge on any atom is 0.217 e. The summed E-state index contributed by atoms with van der Waals surface area (Å²) < 4.78 is 6.77. The summed E-state index contributed by atoms with van der Waals surface area (Å²) in [6.45, 7) is 0.722. The summed E-state index contributed by atoms with van der Waals surface area (Å²) in [6.07, 6.45) is 2.05. The lowest BCUT2D eigenvalue weighted by Gasteiger charge is -2.43. The molecule has 1 saturated heterocycles. The van der Waals surface area contributed by atoms with Gasteiger partial charge in [-0.2, -0.15) is 0 Å². The number of piperidine rings is 1. The number of ether oxygens (including phenoxy) is 1. The van der Waals surface area contributed by atoms with Crippen LogP contribution in [0.1, 0.15) is 35.4 Å². The van der Waals surface area contributed by atoms with Crippen molar-refractivity contribution >= 4 is 38.4 Å². The Balaban J connectivity index is 1.61. The molecule has 2 heterocycles. The molecule has 3 aromatic carbocycles. The number of nitrogens with zero attached hydrogens (tertiary/aromatic N) is 1. The maximum atomic E-state index is 12.3. The zero-order chi connectivity index (χ0) is 24.4. The fraction of sp³-hybridized carbons (Fsp3) is 0.276. The van der Waals surface area contributed by atoms with E-state index in [1.165, 1.54) is 5.56 Å². The molecule has 0 radical (unpaired) electrons. The largest absolute Gasteiger partial charge is 0.481 e. The molecule has 180 valence electrons. The second kappa shape index (κ2) is 10.3. The number of rotatable bonds is 6.